The van der Waals surface area contributed by atoms with E-state index in [1.165, 1.54) is 100 Å². The lowest BCUT2D eigenvalue weighted by Crippen LogP contribution is -2.61. The smallest absolute Gasteiger partial charge is 0.253 e. The van der Waals surface area contributed by atoms with Crippen LogP contribution in [0.15, 0.2) is 206 Å². The van der Waals surface area contributed by atoms with E-state index in [0.717, 1.165) is 11.4 Å². The van der Waals surface area contributed by atoms with Crippen LogP contribution >= 0.6 is 0 Å². The van der Waals surface area contributed by atoms with Crippen LogP contribution in [0.2, 0.25) is 0 Å². The number of hydrogen-bond donors (Lipinski definition) is 0. The summed E-state index contributed by atoms with van der Waals surface area (Å²) in [7, 11) is 0. The minimum absolute atomic E-state index is 0.0723. The van der Waals surface area contributed by atoms with Crippen molar-refractivity contribution in [2.24, 2.45) is 0 Å². The summed E-state index contributed by atoms with van der Waals surface area (Å²) in [5.41, 5.74) is 21.9. The second-order valence-electron chi connectivity index (χ2n) is 20.2. The summed E-state index contributed by atoms with van der Waals surface area (Å²) >= 11 is 0. The van der Waals surface area contributed by atoms with Crippen molar-refractivity contribution < 1.29 is 0 Å². The molecule has 0 spiro atoms. The fraction of sp³-hybridized carbons (Fsp3) is 0.129. The third-order valence-corrected chi connectivity index (χ3v) is 14.1. The fourth-order valence-corrected chi connectivity index (χ4v) is 10.9. The topological polar surface area (TPSA) is 11.4 Å². The average molecular weight is 850 g/mol. The number of benzene rings is 9. The molecule has 4 heteroatoms. The van der Waals surface area contributed by atoms with Gasteiger partial charge in [-0.05, 0) is 110 Å². The molecule has 0 radical (unpaired) electrons. The molecule has 0 fully saturated rings. The van der Waals surface area contributed by atoms with E-state index in [1.807, 2.05) is 0 Å². The first-order valence-corrected chi connectivity index (χ1v) is 23.4. The largest absolute Gasteiger partial charge is 0.311 e. The maximum absolute atomic E-state index is 2.62. The quantitative estimate of drug-likeness (QED) is 0.160. The Morgan fingerprint density at radius 2 is 0.864 bits per heavy atom. The molecule has 2 aliphatic heterocycles. The van der Waals surface area contributed by atoms with Gasteiger partial charge in [-0.2, -0.15) is 0 Å². The van der Waals surface area contributed by atoms with Gasteiger partial charge in [-0.25, -0.2) is 0 Å². The van der Waals surface area contributed by atoms with Gasteiger partial charge < -0.3 is 14.4 Å². The molecule has 0 saturated heterocycles. The Balaban J connectivity index is 1.28. The predicted molar refractivity (Wildman–Crippen MR) is 283 cm³/mol. The van der Waals surface area contributed by atoms with Crippen molar-refractivity contribution >= 4 is 79.0 Å². The van der Waals surface area contributed by atoms with Gasteiger partial charge in [0, 0.05) is 50.3 Å². The van der Waals surface area contributed by atoms with E-state index in [9.17, 15) is 0 Å². The SMILES string of the molecule is CC(C)(C)c1ccc2c(c1)N(c1ccccc1-c1ccccc1)c1cc(C(C)(C)C)cc3c1B2c1c(ccc2c1c1ccccc1n2-c1ccccc1)N3c1ccccc1-c1ccccc1. The highest BCUT2D eigenvalue weighted by molar-refractivity contribution is 7.02. The number of anilines is 6. The molecule has 12 rings (SSSR count). The minimum atomic E-state index is -0.156. The van der Waals surface area contributed by atoms with Crippen molar-refractivity contribution in [3.05, 3.63) is 217 Å². The lowest BCUT2D eigenvalue weighted by Gasteiger charge is -2.46. The summed E-state index contributed by atoms with van der Waals surface area (Å²) in [4.78, 5) is 5.24. The highest BCUT2D eigenvalue weighted by Gasteiger charge is 2.46. The standard InChI is InChI=1S/C62H52BN3/c1-61(2,3)43-34-35-49-55(38-43)66(51-32-20-17-29-47(51)42-24-12-8-13-25-42)57-40-44(62(4,5)6)39-56-59(57)63(49)60-54(65(56)50-31-19-16-28-46(50)41-22-10-7-11-23-41)37-36-53-58(60)48-30-18-21-33-52(48)64(53)45-26-14-9-15-27-45/h7-40H,1-6H3. The van der Waals surface area contributed by atoms with Crippen molar-refractivity contribution in [3.63, 3.8) is 0 Å². The van der Waals surface area contributed by atoms with Gasteiger partial charge in [-0.15, -0.1) is 0 Å². The molecular formula is C62H52BN3. The van der Waals surface area contributed by atoms with E-state index in [1.54, 1.807) is 0 Å². The van der Waals surface area contributed by atoms with Crippen LogP contribution in [-0.2, 0) is 10.8 Å². The Labute approximate surface area is 389 Å². The molecule has 0 aliphatic carbocycles. The molecule has 3 heterocycles. The Morgan fingerprint density at radius 1 is 0.364 bits per heavy atom. The van der Waals surface area contributed by atoms with Gasteiger partial charge in [0.1, 0.15) is 0 Å². The first kappa shape index (κ1) is 40.0. The van der Waals surface area contributed by atoms with Gasteiger partial charge in [0.2, 0.25) is 0 Å². The molecule has 0 unspecified atom stereocenters. The van der Waals surface area contributed by atoms with E-state index < -0.39 is 0 Å². The van der Waals surface area contributed by atoms with Crippen molar-refractivity contribution in [2.75, 3.05) is 9.80 Å². The highest BCUT2D eigenvalue weighted by Crippen LogP contribution is 2.51. The Morgan fingerprint density at radius 3 is 1.45 bits per heavy atom. The maximum Gasteiger partial charge on any atom is 0.253 e. The summed E-state index contributed by atoms with van der Waals surface area (Å²) < 4.78 is 2.47. The predicted octanol–water partition coefficient (Wildman–Crippen LogP) is 14.8. The molecule has 0 amide bonds. The van der Waals surface area contributed by atoms with Gasteiger partial charge in [-0.3, -0.25) is 0 Å². The Kier molecular flexibility index (Phi) is 9.09. The summed E-state index contributed by atoms with van der Waals surface area (Å²) in [5, 5.41) is 2.55. The molecule has 0 N–H and O–H groups in total. The summed E-state index contributed by atoms with van der Waals surface area (Å²) in [6, 6.07) is 77.0. The third kappa shape index (κ3) is 6.19. The zero-order chi connectivity index (χ0) is 44.9. The van der Waals surface area contributed by atoms with Crippen molar-refractivity contribution in [3.8, 4) is 27.9 Å². The zero-order valence-electron chi connectivity index (χ0n) is 38.5. The number of nitrogens with zero attached hydrogens (tertiary/aromatic N) is 3. The third-order valence-electron chi connectivity index (χ3n) is 14.1. The maximum atomic E-state index is 2.62. The van der Waals surface area contributed by atoms with Crippen LogP contribution in [0, 0.1) is 0 Å². The number of aromatic nitrogens is 1. The van der Waals surface area contributed by atoms with Crippen LogP contribution in [0.1, 0.15) is 52.7 Å². The van der Waals surface area contributed by atoms with E-state index in [-0.39, 0.29) is 17.5 Å². The van der Waals surface area contributed by atoms with Crippen LogP contribution in [0.3, 0.4) is 0 Å². The average Bonchev–Trinajstić information content (AvgIpc) is 3.68. The van der Waals surface area contributed by atoms with Gasteiger partial charge >= 0.3 is 0 Å². The fourth-order valence-electron chi connectivity index (χ4n) is 10.9. The van der Waals surface area contributed by atoms with Crippen LogP contribution in [0.5, 0.6) is 0 Å². The lowest BCUT2D eigenvalue weighted by atomic mass is 9.32. The highest BCUT2D eigenvalue weighted by atomic mass is 15.2. The van der Waals surface area contributed by atoms with Gasteiger partial charge in [0.25, 0.3) is 6.71 Å². The Bertz CT molecular complexity index is 3500. The molecule has 66 heavy (non-hydrogen) atoms. The van der Waals surface area contributed by atoms with E-state index in [2.05, 4.69) is 262 Å². The normalized spacial score (nSPS) is 13.2. The number of para-hydroxylation sites is 4. The minimum Gasteiger partial charge on any atom is -0.311 e. The molecule has 10 aromatic rings. The van der Waals surface area contributed by atoms with Crippen LogP contribution in [0.25, 0.3) is 49.7 Å². The number of rotatable bonds is 5. The van der Waals surface area contributed by atoms with E-state index in [4.69, 9.17) is 0 Å². The molecule has 2 aliphatic rings. The first-order chi connectivity index (χ1) is 32.1. The molecule has 0 atom stereocenters. The van der Waals surface area contributed by atoms with E-state index >= 15 is 0 Å². The van der Waals surface area contributed by atoms with Crippen LogP contribution in [0.4, 0.5) is 34.1 Å². The molecule has 318 valence electrons. The monoisotopic (exact) mass is 849 g/mol. The summed E-state index contributed by atoms with van der Waals surface area (Å²) in [6.07, 6.45) is 0. The van der Waals surface area contributed by atoms with E-state index in [0.29, 0.717) is 0 Å². The van der Waals surface area contributed by atoms with Gasteiger partial charge in [0.15, 0.2) is 0 Å². The molecule has 0 bridgehead atoms. The molecule has 9 aromatic carbocycles. The number of fused-ring (bicyclic) bond motifs is 8. The zero-order valence-corrected chi connectivity index (χ0v) is 38.5. The molecule has 0 saturated carbocycles. The summed E-state index contributed by atoms with van der Waals surface area (Å²) in [6.45, 7) is 14.0. The van der Waals surface area contributed by atoms with Crippen LogP contribution < -0.4 is 26.2 Å². The summed E-state index contributed by atoms with van der Waals surface area (Å²) in [5.74, 6) is 0. The van der Waals surface area contributed by atoms with Crippen molar-refractivity contribution in [1.29, 1.82) is 0 Å². The molecular weight excluding hydrogens is 798 g/mol. The van der Waals surface area contributed by atoms with Gasteiger partial charge in [-0.1, -0.05) is 187 Å². The molecule has 1 aromatic heterocycles. The second-order valence-corrected chi connectivity index (χ2v) is 20.2. The lowest BCUT2D eigenvalue weighted by molar-refractivity contribution is 0.590. The Hall–Kier alpha value is -7.56. The number of hydrogen-bond acceptors (Lipinski definition) is 2. The van der Waals surface area contributed by atoms with Crippen LogP contribution in [-0.4, -0.2) is 11.3 Å². The molecule has 3 nitrogen and oxygen atoms in total. The van der Waals surface area contributed by atoms with Gasteiger partial charge in [0.05, 0.1) is 22.4 Å². The van der Waals surface area contributed by atoms with Crippen molar-refractivity contribution in [2.45, 2.75) is 52.4 Å². The second kappa shape index (κ2) is 15.0. The van der Waals surface area contributed by atoms with Crippen molar-refractivity contribution in [1.82, 2.24) is 4.57 Å². The first-order valence-electron chi connectivity index (χ1n) is 23.4.